The van der Waals surface area contributed by atoms with Crippen LogP contribution in [0, 0.1) is 18.6 Å². The summed E-state index contributed by atoms with van der Waals surface area (Å²) in [6, 6.07) is 1.54. The summed E-state index contributed by atoms with van der Waals surface area (Å²) in [5, 5.41) is 6.00. The highest BCUT2D eigenvalue weighted by Crippen LogP contribution is 2.23. The van der Waals surface area contributed by atoms with E-state index in [-0.39, 0.29) is 11.5 Å². The zero-order chi connectivity index (χ0) is 14.2. The van der Waals surface area contributed by atoms with E-state index in [1.807, 2.05) is 0 Å². The van der Waals surface area contributed by atoms with Crippen LogP contribution in [0.3, 0.4) is 0 Å². The molecule has 0 bridgehead atoms. The second kappa shape index (κ2) is 4.50. The van der Waals surface area contributed by atoms with E-state index in [9.17, 15) is 17.2 Å². The van der Waals surface area contributed by atoms with Gasteiger partial charge in [-0.05, 0) is 19.1 Å². The van der Waals surface area contributed by atoms with E-state index in [2.05, 4.69) is 14.9 Å². The summed E-state index contributed by atoms with van der Waals surface area (Å²) in [5.74, 6) is -2.75. The fourth-order valence-corrected chi connectivity index (χ4v) is 2.63. The number of aromatic amines is 1. The van der Waals surface area contributed by atoms with Gasteiger partial charge >= 0.3 is 0 Å². The summed E-state index contributed by atoms with van der Waals surface area (Å²) in [7, 11) is -4.30. The van der Waals surface area contributed by atoms with E-state index < -0.39 is 26.6 Å². The molecule has 19 heavy (non-hydrogen) atoms. The Morgan fingerprint density at radius 1 is 1.37 bits per heavy atom. The largest absolute Gasteiger partial charge is 0.399 e. The summed E-state index contributed by atoms with van der Waals surface area (Å²) in [4.78, 5) is -0.862. The third-order valence-corrected chi connectivity index (χ3v) is 3.72. The number of anilines is 2. The van der Waals surface area contributed by atoms with Gasteiger partial charge in [0.15, 0.2) is 11.6 Å². The topological polar surface area (TPSA) is 101 Å². The average molecular weight is 288 g/mol. The molecule has 4 N–H and O–H groups in total. The molecule has 2 aromatic rings. The zero-order valence-electron chi connectivity index (χ0n) is 9.74. The normalized spacial score (nSPS) is 11.5. The van der Waals surface area contributed by atoms with Gasteiger partial charge in [0.2, 0.25) is 0 Å². The number of nitrogen functional groups attached to an aromatic ring is 1. The number of nitrogens with zero attached hydrogens (tertiary/aromatic N) is 1. The number of aromatic nitrogens is 2. The van der Waals surface area contributed by atoms with Crippen molar-refractivity contribution in [3.05, 3.63) is 35.5 Å². The Kier molecular flexibility index (Phi) is 3.14. The van der Waals surface area contributed by atoms with Gasteiger partial charge in [-0.2, -0.15) is 5.10 Å². The van der Waals surface area contributed by atoms with Crippen LogP contribution in [-0.2, 0) is 10.0 Å². The van der Waals surface area contributed by atoms with E-state index >= 15 is 0 Å². The molecule has 0 unspecified atom stereocenters. The number of halogens is 2. The molecule has 0 spiro atoms. The van der Waals surface area contributed by atoms with Crippen LogP contribution < -0.4 is 10.5 Å². The van der Waals surface area contributed by atoms with Crippen molar-refractivity contribution in [2.75, 3.05) is 10.5 Å². The Hall–Kier alpha value is -2.16. The third-order valence-electron chi connectivity index (χ3n) is 2.37. The Morgan fingerprint density at radius 3 is 2.63 bits per heavy atom. The summed E-state index contributed by atoms with van der Waals surface area (Å²) >= 11 is 0. The van der Waals surface area contributed by atoms with E-state index in [0.717, 1.165) is 6.07 Å². The number of sulfonamides is 1. The number of hydrogen-bond donors (Lipinski definition) is 3. The van der Waals surface area contributed by atoms with Gasteiger partial charge in [0.1, 0.15) is 10.7 Å². The summed E-state index contributed by atoms with van der Waals surface area (Å²) in [6.45, 7) is 1.59. The zero-order valence-corrected chi connectivity index (χ0v) is 10.6. The van der Waals surface area contributed by atoms with Crippen LogP contribution in [0.25, 0.3) is 0 Å². The van der Waals surface area contributed by atoms with E-state index in [1.165, 1.54) is 6.20 Å². The van der Waals surface area contributed by atoms with Gasteiger partial charge in [-0.1, -0.05) is 0 Å². The van der Waals surface area contributed by atoms with Crippen LogP contribution in [-0.4, -0.2) is 18.6 Å². The van der Waals surface area contributed by atoms with Crippen LogP contribution in [0.1, 0.15) is 5.56 Å². The number of rotatable bonds is 3. The van der Waals surface area contributed by atoms with Crippen LogP contribution in [0.2, 0.25) is 0 Å². The summed E-state index contributed by atoms with van der Waals surface area (Å²) < 4.78 is 52.7. The molecule has 0 saturated carbocycles. The van der Waals surface area contributed by atoms with Gasteiger partial charge in [-0.25, -0.2) is 17.2 Å². The van der Waals surface area contributed by atoms with Crippen molar-refractivity contribution in [3.63, 3.8) is 0 Å². The Labute approximate surface area is 107 Å². The first-order chi connectivity index (χ1) is 8.81. The smallest absolute Gasteiger partial charge is 0.266 e. The minimum absolute atomic E-state index is 0.0715. The maximum atomic E-state index is 13.5. The number of aryl methyl sites for hydroxylation is 1. The van der Waals surface area contributed by atoms with Crippen molar-refractivity contribution >= 4 is 21.5 Å². The van der Waals surface area contributed by atoms with Crippen molar-refractivity contribution in [2.45, 2.75) is 11.8 Å². The molecule has 102 valence electrons. The van der Waals surface area contributed by atoms with Crippen molar-refractivity contribution in [1.82, 2.24) is 10.2 Å². The molecule has 0 radical (unpaired) electrons. The van der Waals surface area contributed by atoms with E-state index in [4.69, 9.17) is 5.73 Å². The molecule has 0 aliphatic carbocycles. The van der Waals surface area contributed by atoms with E-state index in [0.29, 0.717) is 11.6 Å². The Balaban J connectivity index is 2.49. The van der Waals surface area contributed by atoms with Crippen molar-refractivity contribution in [1.29, 1.82) is 0 Å². The highest BCUT2D eigenvalue weighted by molar-refractivity contribution is 7.92. The first kappa shape index (κ1) is 13.3. The fraction of sp³-hybridized carbons (Fsp3) is 0.100. The van der Waals surface area contributed by atoms with Gasteiger partial charge in [0, 0.05) is 11.3 Å². The molecule has 1 aromatic heterocycles. The first-order valence-corrected chi connectivity index (χ1v) is 6.57. The molecular formula is C10H10F2N4O2S. The standard InChI is InChI=1S/C10H10F2N4O2S/c1-5-4-14-15-10(5)16-19(17,18)8-3-6(13)2-7(11)9(8)12/h2-4H,13H2,1H3,(H2,14,15,16). The molecule has 6 nitrogen and oxygen atoms in total. The van der Waals surface area contributed by atoms with Crippen molar-refractivity contribution in [2.24, 2.45) is 0 Å². The molecule has 0 amide bonds. The predicted octanol–water partition coefficient (Wildman–Crippen LogP) is 1.38. The number of hydrogen-bond acceptors (Lipinski definition) is 4. The highest BCUT2D eigenvalue weighted by Gasteiger charge is 2.23. The molecule has 2 rings (SSSR count). The lowest BCUT2D eigenvalue weighted by molar-refractivity contribution is 0.486. The molecule has 0 aliphatic rings. The Morgan fingerprint density at radius 2 is 2.05 bits per heavy atom. The minimum atomic E-state index is -4.30. The predicted molar refractivity (Wildman–Crippen MR) is 64.9 cm³/mol. The maximum absolute atomic E-state index is 13.5. The fourth-order valence-electron chi connectivity index (χ4n) is 1.42. The summed E-state index contributed by atoms with van der Waals surface area (Å²) in [6.07, 6.45) is 1.38. The SMILES string of the molecule is Cc1cn[nH]c1NS(=O)(=O)c1cc(N)cc(F)c1F. The first-order valence-electron chi connectivity index (χ1n) is 5.08. The van der Waals surface area contributed by atoms with Gasteiger partial charge in [-0.3, -0.25) is 9.82 Å². The molecule has 0 saturated heterocycles. The van der Waals surface area contributed by atoms with Gasteiger partial charge in [-0.15, -0.1) is 0 Å². The summed E-state index contributed by atoms with van der Waals surface area (Å²) in [5.41, 5.74) is 5.62. The monoisotopic (exact) mass is 288 g/mol. The number of benzene rings is 1. The molecule has 0 fully saturated rings. The lowest BCUT2D eigenvalue weighted by Crippen LogP contribution is -2.16. The van der Waals surface area contributed by atoms with Crippen molar-refractivity contribution < 1.29 is 17.2 Å². The van der Waals surface area contributed by atoms with Gasteiger partial charge in [0.25, 0.3) is 10.0 Å². The minimum Gasteiger partial charge on any atom is -0.399 e. The highest BCUT2D eigenvalue weighted by atomic mass is 32.2. The number of H-pyrrole nitrogens is 1. The lowest BCUT2D eigenvalue weighted by Gasteiger charge is -2.09. The second-order valence-corrected chi connectivity index (χ2v) is 5.50. The molecule has 0 atom stereocenters. The average Bonchev–Trinajstić information content (AvgIpc) is 2.69. The molecule has 1 aromatic carbocycles. The molecule has 0 aliphatic heterocycles. The molecular weight excluding hydrogens is 278 g/mol. The maximum Gasteiger partial charge on any atom is 0.266 e. The van der Waals surface area contributed by atoms with Crippen LogP contribution in [0.15, 0.2) is 23.2 Å². The lowest BCUT2D eigenvalue weighted by atomic mass is 10.3. The number of nitrogens with two attached hydrogens (primary N) is 1. The van der Waals surface area contributed by atoms with Gasteiger partial charge in [0.05, 0.1) is 6.20 Å². The molecule has 9 heteroatoms. The van der Waals surface area contributed by atoms with Crippen molar-refractivity contribution in [3.8, 4) is 0 Å². The van der Waals surface area contributed by atoms with Gasteiger partial charge < -0.3 is 5.73 Å². The number of nitrogens with one attached hydrogen (secondary N) is 2. The van der Waals surface area contributed by atoms with Crippen LogP contribution >= 0.6 is 0 Å². The quantitative estimate of drug-likeness (QED) is 0.743. The van der Waals surface area contributed by atoms with E-state index in [1.54, 1.807) is 6.92 Å². The third kappa shape index (κ3) is 2.50. The molecule has 1 heterocycles. The van der Waals surface area contributed by atoms with Crippen LogP contribution in [0.4, 0.5) is 20.3 Å². The second-order valence-electron chi connectivity index (χ2n) is 3.85. The van der Waals surface area contributed by atoms with Crippen LogP contribution in [0.5, 0.6) is 0 Å². The Bertz CT molecular complexity index is 727.